The first kappa shape index (κ1) is 13.3. The van der Waals surface area contributed by atoms with E-state index in [9.17, 15) is 14.0 Å². The zero-order valence-electron chi connectivity index (χ0n) is 11.3. The van der Waals surface area contributed by atoms with Gasteiger partial charge in [-0.25, -0.2) is 9.29 Å². The minimum absolute atomic E-state index is 0.0952. The molecule has 1 aliphatic rings. The zero-order valence-corrected chi connectivity index (χ0v) is 11.3. The molecule has 1 aliphatic heterocycles. The molecule has 0 bridgehead atoms. The molecular weight excluding hydrogens is 273 g/mol. The molecule has 4 nitrogen and oxygen atoms in total. The van der Waals surface area contributed by atoms with Gasteiger partial charge >= 0.3 is 0 Å². The molecule has 21 heavy (non-hydrogen) atoms. The first-order chi connectivity index (χ1) is 10.1. The lowest BCUT2D eigenvalue weighted by atomic mass is 10.1. The van der Waals surface area contributed by atoms with E-state index in [1.165, 1.54) is 12.1 Å². The Labute approximate surface area is 120 Å². The monoisotopic (exact) mass is 285 g/mol. The molecule has 0 unspecified atom stereocenters. The minimum Gasteiger partial charge on any atom is -0.491 e. The van der Waals surface area contributed by atoms with Crippen LogP contribution in [0.2, 0.25) is 0 Å². The summed E-state index contributed by atoms with van der Waals surface area (Å²) in [5.74, 6) is -1.40. The molecule has 5 heteroatoms. The smallest absolute Gasteiger partial charge is 0.266 e. The number of carbonyl (C=O) groups excluding carboxylic acids is 2. The van der Waals surface area contributed by atoms with Gasteiger partial charge < -0.3 is 4.74 Å². The van der Waals surface area contributed by atoms with E-state index in [1.807, 2.05) is 0 Å². The number of halogens is 1. The van der Waals surface area contributed by atoms with Crippen LogP contribution in [0, 0.1) is 5.82 Å². The summed E-state index contributed by atoms with van der Waals surface area (Å²) in [5.41, 5.74) is 0.857. The highest BCUT2D eigenvalue weighted by molar-refractivity contribution is 6.34. The Balaban J connectivity index is 2.01. The molecule has 3 rings (SSSR count). The Kier molecular flexibility index (Phi) is 3.17. The third kappa shape index (κ3) is 2.07. The van der Waals surface area contributed by atoms with E-state index in [0.29, 0.717) is 17.7 Å². The molecule has 2 aromatic rings. The van der Waals surface area contributed by atoms with Crippen molar-refractivity contribution in [3.05, 3.63) is 59.4 Å². The van der Waals surface area contributed by atoms with Gasteiger partial charge in [-0.1, -0.05) is 12.1 Å². The summed E-state index contributed by atoms with van der Waals surface area (Å²) in [6.45, 7) is 2.08. The van der Waals surface area contributed by atoms with Crippen molar-refractivity contribution in [2.24, 2.45) is 0 Å². The molecule has 0 saturated carbocycles. The fourth-order valence-corrected chi connectivity index (χ4v) is 2.33. The van der Waals surface area contributed by atoms with Gasteiger partial charge in [0.15, 0.2) is 11.6 Å². The van der Waals surface area contributed by atoms with E-state index < -0.39 is 17.6 Å². The molecule has 0 fully saturated rings. The van der Waals surface area contributed by atoms with E-state index in [4.69, 9.17) is 4.74 Å². The lowest BCUT2D eigenvalue weighted by Gasteiger charge is -2.15. The maximum Gasteiger partial charge on any atom is 0.266 e. The maximum absolute atomic E-state index is 13.9. The number of anilines is 1. The van der Waals surface area contributed by atoms with Crippen LogP contribution in [0.4, 0.5) is 10.1 Å². The van der Waals surface area contributed by atoms with E-state index in [1.54, 1.807) is 31.2 Å². The van der Waals surface area contributed by atoms with Crippen molar-refractivity contribution in [3.63, 3.8) is 0 Å². The van der Waals surface area contributed by atoms with Crippen LogP contribution in [0.1, 0.15) is 27.6 Å². The quantitative estimate of drug-likeness (QED) is 0.814. The van der Waals surface area contributed by atoms with Crippen molar-refractivity contribution in [3.8, 4) is 5.75 Å². The third-order valence-electron chi connectivity index (χ3n) is 3.27. The number of fused-ring (bicyclic) bond motifs is 1. The molecule has 0 aliphatic carbocycles. The van der Waals surface area contributed by atoms with Crippen molar-refractivity contribution in [1.82, 2.24) is 0 Å². The number of amides is 2. The molecule has 1 heterocycles. The summed E-state index contributed by atoms with van der Waals surface area (Å²) in [6.07, 6.45) is 0. The normalized spacial score (nSPS) is 13.5. The lowest BCUT2D eigenvalue weighted by Crippen LogP contribution is -2.29. The van der Waals surface area contributed by atoms with Crippen molar-refractivity contribution in [2.75, 3.05) is 11.5 Å². The largest absolute Gasteiger partial charge is 0.491 e. The Morgan fingerprint density at radius 3 is 2.19 bits per heavy atom. The Bertz CT molecular complexity index is 707. The van der Waals surface area contributed by atoms with E-state index in [0.717, 1.165) is 11.0 Å². The highest BCUT2D eigenvalue weighted by Gasteiger charge is 2.36. The predicted molar refractivity (Wildman–Crippen MR) is 75.2 cm³/mol. The summed E-state index contributed by atoms with van der Waals surface area (Å²) in [6, 6.07) is 10.6. The van der Waals surface area contributed by atoms with Gasteiger partial charge in [0.25, 0.3) is 11.8 Å². The summed E-state index contributed by atoms with van der Waals surface area (Å²) in [5, 5.41) is 0. The highest BCUT2D eigenvalue weighted by atomic mass is 19.1. The maximum atomic E-state index is 13.9. The first-order valence-corrected chi connectivity index (χ1v) is 6.53. The molecule has 0 N–H and O–H groups in total. The molecule has 0 saturated heterocycles. The van der Waals surface area contributed by atoms with Crippen molar-refractivity contribution >= 4 is 17.5 Å². The number of hydrogen-bond donors (Lipinski definition) is 0. The Morgan fingerprint density at radius 1 is 1.05 bits per heavy atom. The van der Waals surface area contributed by atoms with Crippen LogP contribution in [0.25, 0.3) is 0 Å². The van der Waals surface area contributed by atoms with E-state index in [2.05, 4.69) is 0 Å². The number of benzene rings is 2. The SMILES string of the molecule is CCOc1ccc(N2C(=O)c3ccccc3C2=O)cc1F. The van der Waals surface area contributed by atoms with Gasteiger partial charge in [-0.05, 0) is 31.2 Å². The molecule has 0 atom stereocenters. The standard InChI is InChI=1S/C16H12FNO3/c1-2-21-14-8-7-10(9-13(14)17)18-15(19)11-5-3-4-6-12(11)16(18)20/h3-9H,2H2,1H3. The fraction of sp³-hybridized carbons (Fsp3) is 0.125. The van der Waals surface area contributed by atoms with Crippen molar-refractivity contribution in [1.29, 1.82) is 0 Å². The fourth-order valence-electron chi connectivity index (χ4n) is 2.33. The van der Waals surface area contributed by atoms with Crippen LogP contribution in [-0.4, -0.2) is 18.4 Å². The molecular formula is C16H12FNO3. The van der Waals surface area contributed by atoms with Gasteiger partial charge in [-0.15, -0.1) is 0 Å². The lowest BCUT2D eigenvalue weighted by molar-refractivity contribution is 0.0926. The average Bonchev–Trinajstić information content (AvgIpc) is 2.74. The van der Waals surface area contributed by atoms with Crippen LogP contribution < -0.4 is 9.64 Å². The second-order valence-electron chi connectivity index (χ2n) is 4.54. The van der Waals surface area contributed by atoms with Crippen LogP contribution in [0.5, 0.6) is 5.75 Å². The van der Waals surface area contributed by atoms with Crippen LogP contribution >= 0.6 is 0 Å². The van der Waals surface area contributed by atoms with Gasteiger partial charge in [-0.3, -0.25) is 9.59 Å². The molecule has 0 radical (unpaired) electrons. The Hall–Kier alpha value is -2.69. The predicted octanol–water partition coefficient (Wildman–Crippen LogP) is 3.03. The number of hydrogen-bond acceptors (Lipinski definition) is 3. The Morgan fingerprint density at radius 2 is 1.67 bits per heavy atom. The number of ether oxygens (including phenoxy) is 1. The number of nitrogens with zero attached hydrogens (tertiary/aromatic N) is 1. The third-order valence-corrected chi connectivity index (χ3v) is 3.27. The number of imide groups is 1. The van der Waals surface area contributed by atoms with E-state index in [-0.39, 0.29) is 11.4 Å². The number of rotatable bonds is 3. The summed E-state index contributed by atoms with van der Waals surface area (Å²) < 4.78 is 19.0. The zero-order chi connectivity index (χ0) is 15.0. The van der Waals surface area contributed by atoms with Crippen LogP contribution in [-0.2, 0) is 0 Å². The molecule has 2 amide bonds. The average molecular weight is 285 g/mol. The van der Waals surface area contributed by atoms with Gasteiger partial charge in [0, 0.05) is 6.07 Å². The van der Waals surface area contributed by atoms with Crippen LogP contribution in [0.15, 0.2) is 42.5 Å². The highest BCUT2D eigenvalue weighted by Crippen LogP contribution is 2.30. The van der Waals surface area contributed by atoms with Gasteiger partial charge in [-0.2, -0.15) is 0 Å². The first-order valence-electron chi connectivity index (χ1n) is 6.53. The molecule has 2 aromatic carbocycles. The number of carbonyl (C=O) groups is 2. The summed E-state index contributed by atoms with van der Waals surface area (Å²) >= 11 is 0. The van der Waals surface area contributed by atoms with Crippen molar-refractivity contribution in [2.45, 2.75) is 6.92 Å². The van der Waals surface area contributed by atoms with Gasteiger partial charge in [0.1, 0.15) is 0 Å². The molecule has 0 spiro atoms. The van der Waals surface area contributed by atoms with Crippen LogP contribution in [0.3, 0.4) is 0 Å². The second kappa shape index (κ2) is 5.01. The summed E-state index contributed by atoms with van der Waals surface area (Å²) in [7, 11) is 0. The van der Waals surface area contributed by atoms with E-state index >= 15 is 0 Å². The topological polar surface area (TPSA) is 46.6 Å². The minimum atomic E-state index is -0.606. The molecule has 106 valence electrons. The summed E-state index contributed by atoms with van der Waals surface area (Å²) in [4.78, 5) is 25.5. The second-order valence-corrected chi connectivity index (χ2v) is 4.54. The molecule has 0 aromatic heterocycles. The van der Waals surface area contributed by atoms with Gasteiger partial charge in [0.2, 0.25) is 0 Å². The van der Waals surface area contributed by atoms with Crippen molar-refractivity contribution < 1.29 is 18.7 Å². The van der Waals surface area contributed by atoms with Gasteiger partial charge in [0.05, 0.1) is 23.4 Å².